The topological polar surface area (TPSA) is 24.1 Å². The smallest absolute Gasteiger partial charge is 0.0384 e. The van der Waals surface area contributed by atoms with Crippen molar-refractivity contribution in [1.82, 2.24) is 0 Å². The lowest BCUT2D eigenvalue weighted by Crippen LogP contribution is -1.95. The van der Waals surface area contributed by atoms with Crippen LogP contribution in [0.4, 0.5) is 17.1 Å². The highest BCUT2D eigenvalue weighted by Crippen LogP contribution is 2.25. The Labute approximate surface area is 169 Å². The van der Waals surface area contributed by atoms with Crippen molar-refractivity contribution in [2.75, 3.05) is 10.6 Å². The molecule has 0 spiro atoms. The molecule has 0 radical (unpaired) electrons. The molecule has 0 atom stereocenters. The van der Waals surface area contributed by atoms with Crippen LogP contribution < -0.4 is 10.6 Å². The molecule has 0 aliphatic heterocycles. The van der Waals surface area contributed by atoms with Gasteiger partial charge in [0.1, 0.15) is 0 Å². The highest BCUT2D eigenvalue weighted by atomic mass is 14.9. The second-order valence-electron chi connectivity index (χ2n) is 5.83. The summed E-state index contributed by atoms with van der Waals surface area (Å²) in [5.41, 5.74) is 6.45. The van der Waals surface area contributed by atoms with E-state index < -0.39 is 0 Å². The van der Waals surface area contributed by atoms with Gasteiger partial charge in [-0.3, -0.25) is 0 Å². The van der Waals surface area contributed by atoms with Crippen molar-refractivity contribution in [3.8, 4) is 11.1 Å². The number of hydrogen-bond donors (Lipinski definition) is 2. The third kappa shape index (κ3) is 6.03. The molecule has 142 valence electrons. The molecule has 0 saturated carbocycles. The number of allylic oxidation sites excluding steroid dienone is 3. The normalized spacial score (nSPS) is 10.3. The summed E-state index contributed by atoms with van der Waals surface area (Å²) < 4.78 is 0. The minimum atomic E-state index is 0.920. The molecule has 3 aromatic carbocycles. The first-order chi connectivity index (χ1) is 13.8. The first kappa shape index (κ1) is 20.8. The third-order valence-corrected chi connectivity index (χ3v) is 3.97. The van der Waals surface area contributed by atoms with Gasteiger partial charge in [-0.1, -0.05) is 75.5 Å². The Morgan fingerprint density at radius 2 is 1.18 bits per heavy atom. The SMILES string of the molecule is C=C/C=C(\C=C)Nc1ccc(-c2ccc(Nc3ccccc3)cc2)cc1.CC. The van der Waals surface area contributed by atoms with Crippen LogP contribution in [0.25, 0.3) is 11.1 Å². The molecule has 0 bridgehead atoms. The van der Waals surface area contributed by atoms with E-state index in [4.69, 9.17) is 0 Å². The van der Waals surface area contributed by atoms with Gasteiger partial charge >= 0.3 is 0 Å². The van der Waals surface area contributed by atoms with Crippen molar-refractivity contribution >= 4 is 17.1 Å². The summed E-state index contributed by atoms with van der Waals surface area (Å²) in [6.07, 6.45) is 5.40. The van der Waals surface area contributed by atoms with Gasteiger partial charge in [0, 0.05) is 22.8 Å². The van der Waals surface area contributed by atoms with E-state index in [2.05, 4.69) is 84.5 Å². The van der Waals surface area contributed by atoms with Crippen molar-refractivity contribution in [1.29, 1.82) is 0 Å². The summed E-state index contributed by atoms with van der Waals surface area (Å²) in [6, 6.07) is 26.9. The summed E-state index contributed by atoms with van der Waals surface area (Å²) in [6.45, 7) is 11.5. The predicted octanol–water partition coefficient (Wildman–Crippen LogP) is 7.79. The van der Waals surface area contributed by atoms with Gasteiger partial charge in [-0.05, 0) is 59.7 Å². The maximum absolute atomic E-state index is 3.79. The van der Waals surface area contributed by atoms with Crippen LogP contribution >= 0.6 is 0 Å². The molecule has 2 N–H and O–H groups in total. The fraction of sp³-hybridized carbons (Fsp3) is 0.0769. The summed E-state index contributed by atoms with van der Waals surface area (Å²) >= 11 is 0. The molecule has 28 heavy (non-hydrogen) atoms. The van der Waals surface area contributed by atoms with Crippen molar-refractivity contribution in [3.63, 3.8) is 0 Å². The number of anilines is 3. The Morgan fingerprint density at radius 1 is 0.679 bits per heavy atom. The van der Waals surface area contributed by atoms with Crippen molar-refractivity contribution in [3.05, 3.63) is 116 Å². The Kier molecular flexibility index (Phi) is 8.35. The number of benzene rings is 3. The highest BCUT2D eigenvalue weighted by Gasteiger charge is 2.00. The van der Waals surface area contributed by atoms with Gasteiger partial charge < -0.3 is 10.6 Å². The molecule has 0 aromatic heterocycles. The molecular formula is C26H28N2. The minimum absolute atomic E-state index is 0.920. The molecule has 0 aliphatic rings. The molecule has 2 nitrogen and oxygen atoms in total. The summed E-state index contributed by atoms with van der Waals surface area (Å²) in [5.74, 6) is 0. The largest absolute Gasteiger partial charge is 0.356 e. The first-order valence-electron chi connectivity index (χ1n) is 9.53. The fourth-order valence-corrected chi connectivity index (χ4v) is 2.63. The minimum Gasteiger partial charge on any atom is -0.356 e. The van der Waals surface area contributed by atoms with Crippen LogP contribution in [0.3, 0.4) is 0 Å². The molecule has 0 saturated heterocycles. The zero-order valence-corrected chi connectivity index (χ0v) is 16.7. The van der Waals surface area contributed by atoms with Gasteiger partial charge in [0.05, 0.1) is 0 Å². The molecule has 0 heterocycles. The molecule has 3 rings (SSSR count). The summed E-state index contributed by atoms with van der Waals surface area (Å²) in [4.78, 5) is 0. The van der Waals surface area contributed by atoms with E-state index >= 15 is 0 Å². The Balaban J connectivity index is 0.00000136. The summed E-state index contributed by atoms with van der Waals surface area (Å²) in [5, 5.41) is 6.70. The molecule has 0 fully saturated rings. The zero-order chi connectivity index (χ0) is 20.2. The molecular weight excluding hydrogens is 340 g/mol. The van der Waals surface area contributed by atoms with E-state index in [1.165, 1.54) is 11.1 Å². The second-order valence-corrected chi connectivity index (χ2v) is 5.83. The average molecular weight is 369 g/mol. The number of para-hydroxylation sites is 1. The van der Waals surface area contributed by atoms with Gasteiger partial charge in [-0.2, -0.15) is 0 Å². The van der Waals surface area contributed by atoms with E-state index in [1.807, 2.05) is 38.1 Å². The van der Waals surface area contributed by atoms with Gasteiger partial charge in [-0.15, -0.1) is 0 Å². The lowest BCUT2D eigenvalue weighted by molar-refractivity contribution is 1.47. The van der Waals surface area contributed by atoms with Gasteiger partial charge in [0.15, 0.2) is 0 Å². The van der Waals surface area contributed by atoms with Crippen LogP contribution in [0.2, 0.25) is 0 Å². The van der Waals surface area contributed by atoms with E-state index in [0.29, 0.717) is 0 Å². The van der Waals surface area contributed by atoms with Gasteiger partial charge in [0.25, 0.3) is 0 Å². The zero-order valence-electron chi connectivity index (χ0n) is 16.7. The van der Waals surface area contributed by atoms with Crippen LogP contribution in [0.15, 0.2) is 116 Å². The van der Waals surface area contributed by atoms with E-state index in [9.17, 15) is 0 Å². The number of hydrogen-bond acceptors (Lipinski definition) is 2. The molecule has 0 amide bonds. The van der Waals surface area contributed by atoms with Crippen LogP contribution in [0.1, 0.15) is 13.8 Å². The fourth-order valence-electron chi connectivity index (χ4n) is 2.63. The maximum Gasteiger partial charge on any atom is 0.0384 e. The maximum atomic E-state index is 3.79. The second kappa shape index (κ2) is 11.2. The van der Waals surface area contributed by atoms with Crippen molar-refractivity contribution in [2.45, 2.75) is 13.8 Å². The van der Waals surface area contributed by atoms with E-state index in [0.717, 1.165) is 22.8 Å². The van der Waals surface area contributed by atoms with Crippen LogP contribution in [-0.4, -0.2) is 0 Å². The van der Waals surface area contributed by atoms with Crippen molar-refractivity contribution in [2.24, 2.45) is 0 Å². The molecule has 0 aliphatic carbocycles. The summed E-state index contributed by atoms with van der Waals surface area (Å²) in [7, 11) is 0. The number of rotatable bonds is 7. The molecule has 0 unspecified atom stereocenters. The lowest BCUT2D eigenvalue weighted by atomic mass is 10.0. The first-order valence-corrected chi connectivity index (χ1v) is 9.53. The Bertz CT molecular complexity index is 889. The third-order valence-electron chi connectivity index (χ3n) is 3.97. The Morgan fingerprint density at radius 3 is 1.68 bits per heavy atom. The van der Waals surface area contributed by atoms with Crippen molar-refractivity contribution < 1.29 is 0 Å². The Hall–Kier alpha value is -3.52. The van der Waals surface area contributed by atoms with Gasteiger partial charge in [-0.25, -0.2) is 0 Å². The average Bonchev–Trinajstić information content (AvgIpc) is 2.77. The van der Waals surface area contributed by atoms with Gasteiger partial charge in [0.2, 0.25) is 0 Å². The van der Waals surface area contributed by atoms with E-state index in [-0.39, 0.29) is 0 Å². The van der Waals surface area contributed by atoms with Crippen LogP contribution in [-0.2, 0) is 0 Å². The quantitative estimate of drug-likeness (QED) is 0.416. The number of nitrogens with one attached hydrogen (secondary N) is 2. The lowest BCUT2D eigenvalue weighted by Gasteiger charge is -2.10. The predicted molar refractivity (Wildman–Crippen MR) is 125 cm³/mol. The van der Waals surface area contributed by atoms with E-state index in [1.54, 1.807) is 12.2 Å². The molecule has 3 aromatic rings. The standard InChI is InChI=1S/C24H22N2.C2H6/c1-3-8-21(4-2)25-23-15-11-19(12-16-23)20-13-17-24(18-14-20)26-22-9-6-5-7-10-22;1-2/h3-18,25-26H,1-2H2;1-2H3/b21-8+;. The van der Waals surface area contributed by atoms with Crippen LogP contribution in [0, 0.1) is 0 Å². The molecule has 2 heteroatoms. The van der Waals surface area contributed by atoms with Crippen LogP contribution in [0.5, 0.6) is 0 Å². The highest BCUT2D eigenvalue weighted by molar-refractivity contribution is 5.70. The monoisotopic (exact) mass is 368 g/mol.